The third-order valence-electron chi connectivity index (χ3n) is 4.13. The Hall–Kier alpha value is -2.74. The topological polar surface area (TPSA) is 83.1 Å². The normalized spacial score (nSPS) is 10.5. The molecular formula is C20H14N6RhS2+3. The molecule has 0 aliphatic rings. The Kier molecular flexibility index (Phi) is 5.90. The average Bonchev–Trinajstić information content (AvgIpc) is 3.54. The summed E-state index contributed by atoms with van der Waals surface area (Å²) in [4.78, 5) is 23.8. The third-order valence-corrected chi connectivity index (χ3v) is 5.30. The molecule has 142 valence electrons. The summed E-state index contributed by atoms with van der Waals surface area (Å²) in [5, 5.41) is 3.97. The number of benzene rings is 2. The molecule has 6 aromatic rings. The molecule has 0 fully saturated rings. The molecule has 0 atom stereocenters. The molecule has 0 saturated carbocycles. The minimum atomic E-state index is 0. The van der Waals surface area contributed by atoms with E-state index >= 15 is 0 Å². The van der Waals surface area contributed by atoms with Gasteiger partial charge in [0, 0.05) is 10.8 Å². The molecule has 6 rings (SSSR count). The van der Waals surface area contributed by atoms with Gasteiger partial charge >= 0.3 is 19.5 Å². The van der Waals surface area contributed by atoms with E-state index in [1.165, 1.54) is 0 Å². The monoisotopic (exact) mass is 505 g/mol. The number of hydrogen-bond acceptors (Lipinski definition) is 6. The molecule has 29 heavy (non-hydrogen) atoms. The Morgan fingerprint density at radius 1 is 0.621 bits per heavy atom. The predicted octanol–water partition coefficient (Wildman–Crippen LogP) is 5.37. The van der Waals surface area contributed by atoms with Gasteiger partial charge in [-0.25, -0.2) is 19.9 Å². The molecular weight excluding hydrogens is 491 g/mol. The van der Waals surface area contributed by atoms with Gasteiger partial charge in [0.15, 0.2) is 11.6 Å². The van der Waals surface area contributed by atoms with Gasteiger partial charge in [-0.05, 0) is 24.3 Å². The maximum absolute atomic E-state index is 4.44. The van der Waals surface area contributed by atoms with Crippen LogP contribution in [0.1, 0.15) is 0 Å². The Morgan fingerprint density at radius 3 is 1.45 bits per heavy atom. The van der Waals surface area contributed by atoms with Crippen molar-refractivity contribution in [3.05, 3.63) is 70.3 Å². The van der Waals surface area contributed by atoms with Gasteiger partial charge in [-0.2, -0.15) is 0 Å². The molecule has 0 radical (unpaired) electrons. The molecule has 2 N–H and O–H groups in total. The Bertz CT molecular complexity index is 1150. The molecule has 0 bridgehead atoms. The number of para-hydroxylation sites is 4. The summed E-state index contributed by atoms with van der Waals surface area (Å²) in [5.74, 6) is 1.68. The number of imidazole rings is 2. The van der Waals surface area contributed by atoms with Crippen LogP contribution in [0.3, 0.4) is 0 Å². The number of aromatic nitrogens is 6. The second-order valence-electron chi connectivity index (χ2n) is 5.95. The van der Waals surface area contributed by atoms with E-state index in [4.69, 9.17) is 0 Å². The van der Waals surface area contributed by atoms with Crippen molar-refractivity contribution >= 4 is 44.7 Å². The quantitative estimate of drug-likeness (QED) is 0.310. The van der Waals surface area contributed by atoms with Crippen LogP contribution >= 0.6 is 22.7 Å². The summed E-state index contributed by atoms with van der Waals surface area (Å²) < 4.78 is 0. The summed E-state index contributed by atoms with van der Waals surface area (Å²) in [6.45, 7) is 0. The first kappa shape index (κ1) is 19.6. The van der Waals surface area contributed by atoms with Gasteiger partial charge in [-0.15, -0.1) is 22.7 Å². The molecule has 4 heterocycles. The van der Waals surface area contributed by atoms with Gasteiger partial charge in [-0.3, -0.25) is 0 Å². The SMILES string of the molecule is [Rh+3].c1ccc2[nH]c(-c3cscn3)nc2c1.c1ccc2[nH]c(-c3cscn3)nc2c1. The molecule has 0 unspecified atom stereocenters. The number of H-pyrrole nitrogens is 2. The van der Waals surface area contributed by atoms with Crippen LogP contribution in [0, 0.1) is 0 Å². The zero-order valence-corrected chi connectivity index (χ0v) is 18.1. The van der Waals surface area contributed by atoms with Gasteiger partial charge in [0.25, 0.3) is 0 Å². The van der Waals surface area contributed by atoms with E-state index in [0.29, 0.717) is 0 Å². The largest absolute Gasteiger partial charge is 3.00 e. The molecule has 0 amide bonds. The first-order valence-corrected chi connectivity index (χ1v) is 10.4. The van der Waals surface area contributed by atoms with Crippen molar-refractivity contribution in [2.24, 2.45) is 0 Å². The molecule has 9 heteroatoms. The average molecular weight is 505 g/mol. The fourth-order valence-electron chi connectivity index (χ4n) is 2.81. The van der Waals surface area contributed by atoms with Crippen LogP contribution in [0.2, 0.25) is 0 Å². The number of rotatable bonds is 2. The zero-order chi connectivity index (χ0) is 18.8. The predicted molar refractivity (Wildman–Crippen MR) is 114 cm³/mol. The molecule has 0 saturated heterocycles. The van der Waals surface area contributed by atoms with Gasteiger partial charge in [-0.1, -0.05) is 24.3 Å². The van der Waals surface area contributed by atoms with Gasteiger partial charge in [0.05, 0.1) is 33.1 Å². The van der Waals surface area contributed by atoms with Crippen molar-refractivity contribution in [2.45, 2.75) is 0 Å². The van der Waals surface area contributed by atoms with E-state index in [0.717, 1.165) is 45.1 Å². The zero-order valence-electron chi connectivity index (χ0n) is 14.9. The van der Waals surface area contributed by atoms with Crippen molar-refractivity contribution in [1.82, 2.24) is 29.9 Å². The Balaban J connectivity index is 0.000000137. The number of nitrogens with zero attached hydrogens (tertiary/aromatic N) is 4. The minimum absolute atomic E-state index is 0. The van der Waals surface area contributed by atoms with Crippen molar-refractivity contribution in [2.75, 3.05) is 0 Å². The Morgan fingerprint density at radius 2 is 1.07 bits per heavy atom. The molecule has 4 aromatic heterocycles. The fraction of sp³-hybridized carbons (Fsp3) is 0. The first-order chi connectivity index (χ1) is 13.9. The van der Waals surface area contributed by atoms with Gasteiger partial charge in [0.2, 0.25) is 0 Å². The summed E-state index contributed by atoms with van der Waals surface area (Å²) in [5.41, 5.74) is 9.50. The minimum Gasteiger partial charge on any atom is -0.337 e. The van der Waals surface area contributed by atoms with Gasteiger partial charge < -0.3 is 9.97 Å². The van der Waals surface area contributed by atoms with Gasteiger partial charge in [0.1, 0.15) is 11.4 Å². The molecule has 0 spiro atoms. The maximum atomic E-state index is 4.44. The maximum Gasteiger partial charge on any atom is 3.00 e. The van der Waals surface area contributed by atoms with Crippen molar-refractivity contribution < 1.29 is 19.5 Å². The van der Waals surface area contributed by atoms with E-state index in [1.54, 1.807) is 22.7 Å². The van der Waals surface area contributed by atoms with Crippen molar-refractivity contribution in [3.8, 4) is 23.0 Å². The second kappa shape index (κ2) is 8.74. The standard InChI is InChI=1S/2C10H7N3S.Rh/c2*1-2-4-8-7(3-1)12-10(13-8)9-5-14-6-11-9;/h2*1-6H,(H,12,13);/q;;+3. The number of aromatic amines is 2. The van der Waals surface area contributed by atoms with Crippen LogP contribution in [0.5, 0.6) is 0 Å². The number of hydrogen-bond donors (Lipinski definition) is 2. The second-order valence-corrected chi connectivity index (χ2v) is 7.39. The van der Waals surface area contributed by atoms with E-state index in [-0.39, 0.29) is 19.5 Å². The number of nitrogens with one attached hydrogen (secondary N) is 2. The molecule has 0 aliphatic carbocycles. The van der Waals surface area contributed by atoms with Crippen molar-refractivity contribution in [1.29, 1.82) is 0 Å². The third kappa shape index (κ3) is 4.17. The molecule has 2 aromatic carbocycles. The summed E-state index contributed by atoms with van der Waals surface area (Å²) in [7, 11) is 0. The van der Waals surface area contributed by atoms with Crippen LogP contribution in [-0.4, -0.2) is 29.9 Å². The van der Waals surface area contributed by atoms with E-state index in [2.05, 4.69) is 29.9 Å². The van der Waals surface area contributed by atoms with E-state index in [1.807, 2.05) is 70.3 Å². The Labute approximate surface area is 186 Å². The van der Waals surface area contributed by atoms with Crippen LogP contribution in [0.4, 0.5) is 0 Å². The smallest absolute Gasteiger partial charge is 0.337 e. The summed E-state index contributed by atoms with van der Waals surface area (Å²) >= 11 is 3.15. The van der Waals surface area contributed by atoms with Crippen molar-refractivity contribution in [3.63, 3.8) is 0 Å². The summed E-state index contributed by atoms with van der Waals surface area (Å²) in [6.07, 6.45) is 0. The van der Waals surface area contributed by atoms with E-state index in [9.17, 15) is 0 Å². The van der Waals surface area contributed by atoms with Crippen LogP contribution in [0.25, 0.3) is 45.1 Å². The fourth-order valence-corrected chi connectivity index (χ4v) is 3.88. The van der Waals surface area contributed by atoms with Crippen LogP contribution in [0.15, 0.2) is 70.3 Å². The molecule has 6 nitrogen and oxygen atoms in total. The van der Waals surface area contributed by atoms with E-state index < -0.39 is 0 Å². The van der Waals surface area contributed by atoms with Crippen LogP contribution < -0.4 is 0 Å². The van der Waals surface area contributed by atoms with Crippen LogP contribution in [-0.2, 0) is 19.5 Å². The molecule has 0 aliphatic heterocycles. The summed E-state index contributed by atoms with van der Waals surface area (Å²) in [6, 6.07) is 15.9. The first-order valence-electron chi connectivity index (χ1n) is 8.53. The number of thiazole rings is 2. The number of fused-ring (bicyclic) bond motifs is 2.